The summed E-state index contributed by atoms with van der Waals surface area (Å²) >= 11 is 0. The first-order chi connectivity index (χ1) is 57.5. The second kappa shape index (κ2) is 24.1. The van der Waals surface area contributed by atoms with E-state index >= 15 is 0 Å². The van der Waals surface area contributed by atoms with Crippen LogP contribution >= 0.6 is 0 Å². The molecule has 4 heterocycles. The minimum absolute atomic E-state index is 1.11. The Hall–Kier alpha value is -15.4. The highest BCUT2D eigenvalue weighted by Gasteiger charge is 2.29. The van der Waals surface area contributed by atoms with Crippen LogP contribution in [0.25, 0.3) is 253 Å². The van der Waals surface area contributed by atoms with E-state index in [2.05, 4.69) is 419 Å². The van der Waals surface area contributed by atoms with Gasteiger partial charge in [-0.1, -0.05) is 297 Å². The van der Waals surface area contributed by atoms with E-state index in [9.17, 15) is 0 Å². The summed E-state index contributed by atoms with van der Waals surface area (Å²) in [6.45, 7) is 0. The summed E-state index contributed by atoms with van der Waals surface area (Å²) in [6, 6.07) is 151. The van der Waals surface area contributed by atoms with Crippen LogP contribution in [0.4, 0.5) is 0 Å². The Bertz CT molecular complexity index is 8400. The number of nitrogens with zero attached hydrogens (tertiary/aromatic N) is 4. The number of hydrogen-bond acceptors (Lipinski definition) is 0. The molecule has 0 saturated heterocycles. The largest absolute Gasteiger partial charge is 0.309 e. The van der Waals surface area contributed by atoms with Crippen LogP contribution in [-0.4, -0.2) is 18.3 Å². The Morgan fingerprint density at radius 2 is 0.526 bits per heavy atom. The molecule has 0 saturated carbocycles. The molecule has 0 spiro atoms. The summed E-state index contributed by atoms with van der Waals surface area (Å²) in [4.78, 5) is 0. The fourth-order valence-electron chi connectivity index (χ4n) is 20.7. The van der Waals surface area contributed by atoms with Gasteiger partial charge in [0.05, 0.1) is 44.1 Å². The van der Waals surface area contributed by atoms with Crippen LogP contribution in [0.5, 0.6) is 0 Å². The van der Waals surface area contributed by atoms with Crippen LogP contribution in [0.1, 0.15) is 0 Å². The maximum absolute atomic E-state index is 2.57. The van der Waals surface area contributed by atoms with Gasteiger partial charge in [-0.15, -0.1) is 0 Å². The molecule has 4 heteroatoms. The normalized spacial score (nSPS) is 12.3. The van der Waals surface area contributed by atoms with Crippen molar-refractivity contribution in [3.63, 3.8) is 0 Å². The van der Waals surface area contributed by atoms with Crippen molar-refractivity contribution in [1.82, 2.24) is 18.3 Å². The average Bonchev–Trinajstić information content (AvgIpc) is 1.58. The zero-order valence-corrected chi connectivity index (χ0v) is 62.9. The lowest BCUT2D eigenvalue weighted by Crippen LogP contribution is -1.96. The highest BCUT2D eigenvalue weighted by Crippen LogP contribution is 2.54. The van der Waals surface area contributed by atoms with Gasteiger partial charge < -0.3 is 18.3 Å². The highest BCUT2D eigenvalue weighted by molar-refractivity contribution is 6.27. The monoisotopic (exact) mass is 1470 g/mol. The molecule has 20 aromatic carbocycles. The van der Waals surface area contributed by atoms with Gasteiger partial charge in [0.1, 0.15) is 0 Å². The summed E-state index contributed by atoms with van der Waals surface area (Å²) in [5, 5.41) is 19.9. The molecule has 0 radical (unpaired) electrons. The molecule has 0 unspecified atom stereocenters. The first-order valence-corrected chi connectivity index (χ1v) is 40.3. The number of fused-ring (bicyclic) bond motifs is 22. The van der Waals surface area contributed by atoms with Gasteiger partial charge >= 0.3 is 0 Å². The molecule has 534 valence electrons. The lowest BCUT2D eigenvalue weighted by Gasteiger charge is -2.15. The standard InChI is InChI=1S/C112H66N4/c1-3-23-76(24-4-1)113-102-38-15-13-32-87(102)89-52-44-71(65-105(89)113)72-45-54-98-107(66-72)116(78-48-40-68(41-49-78)80-55-57-95-85-31-12-11-30-84(85)93-36-18-34-91(80)108(93)95)112-83-29-10-8-21-74(83)62-99(110(98)112)75-46-50-86-94-37-19-35-92-81(56-58-96(109(92)94)100(86)63-75)73-22-17-27-79(60-73)114-103-39-16-14-33-88(103)90-51-43-70(64-106(90)114)69-47-59-104-101(61-69)97-53-42-67-20-7-9-28-82(67)111(97)115(104)77-25-5-2-6-26-77/h1-66H. The van der Waals surface area contributed by atoms with Crippen LogP contribution in [0.15, 0.2) is 400 Å². The number of para-hydroxylation sites is 4. The molecule has 0 amide bonds. The molecular weight excluding hydrogens is 1400 g/mol. The SMILES string of the molecule is c1ccc(-n2c3ccccc3c3ccc(-c4ccc5c6c(-c7ccc8c(c7)-c7ccc(-c9cccc(-n%10c%11ccccc%11c%11ccc(-c%12ccc%13c(c%12)c%12ccc%14ccccc%14c%12n%13-c%12ccccc%12)cc%11%10)c9)c9cccc-8c79)cc7ccccc7c6n(-c6ccc(-c7ccc8c9c(cccc79)-c7ccccc7-8)cc6)c5c4)cc32)cc1. The minimum Gasteiger partial charge on any atom is -0.309 e. The van der Waals surface area contributed by atoms with E-state index in [1.807, 2.05) is 0 Å². The van der Waals surface area contributed by atoms with E-state index in [1.54, 1.807) is 0 Å². The molecular formula is C112H66N4. The second-order valence-corrected chi connectivity index (χ2v) is 31.7. The Morgan fingerprint density at radius 1 is 0.129 bits per heavy atom. The molecule has 0 bridgehead atoms. The van der Waals surface area contributed by atoms with E-state index in [4.69, 9.17) is 0 Å². The van der Waals surface area contributed by atoms with Crippen LogP contribution in [0.2, 0.25) is 0 Å². The van der Waals surface area contributed by atoms with Crippen molar-refractivity contribution in [2.45, 2.75) is 0 Å². The first kappa shape index (κ1) is 63.3. The molecule has 0 atom stereocenters. The first-order valence-electron chi connectivity index (χ1n) is 40.3. The highest BCUT2D eigenvalue weighted by atomic mass is 15.0. The number of rotatable bonds is 9. The van der Waals surface area contributed by atoms with Gasteiger partial charge in [0.25, 0.3) is 0 Å². The summed E-state index contributed by atoms with van der Waals surface area (Å²) in [5.41, 5.74) is 36.2. The van der Waals surface area contributed by atoms with E-state index in [-0.39, 0.29) is 0 Å². The maximum atomic E-state index is 2.57. The van der Waals surface area contributed by atoms with Gasteiger partial charge in [0, 0.05) is 76.6 Å². The summed E-state index contributed by atoms with van der Waals surface area (Å²) < 4.78 is 9.93. The van der Waals surface area contributed by atoms with E-state index in [1.165, 1.54) is 214 Å². The van der Waals surface area contributed by atoms with E-state index in [0.717, 1.165) is 39.4 Å². The van der Waals surface area contributed by atoms with Gasteiger partial charge in [-0.3, -0.25) is 0 Å². The van der Waals surface area contributed by atoms with Gasteiger partial charge in [-0.05, 0) is 236 Å². The molecule has 2 aliphatic carbocycles. The quantitative estimate of drug-likeness (QED) is 0.137. The average molecular weight is 1470 g/mol. The molecule has 116 heavy (non-hydrogen) atoms. The van der Waals surface area contributed by atoms with Crippen LogP contribution in [-0.2, 0) is 0 Å². The molecule has 0 N–H and O–H groups in total. The van der Waals surface area contributed by atoms with Gasteiger partial charge in [-0.25, -0.2) is 0 Å². The van der Waals surface area contributed by atoms with Crippen molar-refractivity contribution >= 4 is 130 Å². The van der Waals surface area contributed by atoms with Gasteiger partial charge in [0.2, 0.25) is 0 Å². The Labute approximate surface area is 667 Å². The van der Waals surface area contributed by atoms with E-state index in [0.29, 0.717) is 0 Å². The van der Waals surface area contributed by atoms with Crippen LogP contribution in [0.3, 0.4) is 0 Å². The molecule has 0 fully saturated rings. The van der Waals surface area contributed by atoms with Crippen LogP contribution in [0, 0.1) is 0 Å². The molecule has 4 aromatic heterocycles. The summed E-state index contributed by atoms with van der Waals surface area (Å²) in [5.74, 6) is 0. The Balaban J connectivity index is 0.612. The molecule has 4 nitrogen and oxygen atoms in total. The summed E-state index contributed by atoms with van der Waals surface area (Å²) in [7, 11) is 0. The number of aromatic nitrogens is 4. The van der Waals surface area contributed by atoms with Crippen LogP contribution < -0.4 is 0 Å². The van der Waals surface area contributed by atoms with Crippen molar-refractivity contribution in [2.75, 3.05) is 0 Å². The Kier molecular flexibility index (Phi) is 13.1. The van der Waals surface area contributed by atoms with Crippen molar-refractivity contribution in [3.8, 4) is 123 Å². The van der Waals surface area contributed by atoms with Crippen molar-refractivity contribution in [3.05, 3.63) is 400 Å². The predicted molar refractivity (Wildman–Crippen MR) is 490 cm³/mol. The predicted octanol–water partition coefficient (Wildman–Crippen LogP) is 30.3. The fraction of sp³-hybridized carbons (Fsp3) is 0. The zero-order valence-electron chi connectivity index (χ0n) is 62.9. The maximum Gasteiger partial charge on any atom is 0.0625 e. The topological polar surface area (TPSA) is 19.7 Å². The summed E-state index contributed by atoms with van der Waals surface area (Å²) in [6.07, 6.45) is 0. The van der Waals surface area contributed by atoms with Crippen molar-refractivity contribution < 1.29 is 0 Å². The van der Waals surface area contributed by atoms with E-state index < -0.39 is 0 Å². The number of benzene rings is 20. The third-order valence-corrected chi connectivity index (χ3v) is 25.8. The van der Waals surface area contributed by atoms with Crippen molar-refractivity contribution in [1.29, 1.82) is 0 Å². The third-order valence-electron chi connectivity index (χ3n) is 25.8. The number of hydrogen-bond donors (Lipinski definition) is 0. The fourth-order valence-corrected chi connectivity index (χ4v) is 20.7. The minimum atomic E-state index is 1.11. The third kappa shape index (κ3) is 8.98. The van der Waals surface area contributed by atoms with Gasteiger partial charge in [-0.2, -0.15) is 0 Å². The zero-order chi connectivity index (χ0) is 75.5. The molecule has 26 rings (SSSR count). The molecule has 0 aliphatic heterocycles. The van der Waals surface area contributed by atoms with Crippen molar-refractivity contribution in [2.24, 2.45) is 0 Å². The molecule has 24 aromatic rings. The van der Waals surface area contributed by atoms with Gasteiger partial charge in [0.15, 0.2) is 0 Å². The smallest absolute Gasteiger partial charge is 0.0625 e. The molecule has 2 aliphatic rings. The lowest BCUT2D eigenvalue weighted by atomic mass is 9.92. The Morgan fingerprint density at radius 3 is 1.19 bits per heavy atom. The second-order valence-electron chi connectivity index (χ2n) is 31.7. The lowest BCUT2D eigenvalue weighted by molar-refractivity contribution is 1.18.